The van der Waals surface area contributed by atoms with E-state index in [1.165, 1.54) is 40.1 Å². The summed E-state index contributed by atoms with van der Waals surface area (Å²) in [5.41, 5.74) is 5.55. The molecular weight excluding hydrogens is 274 g/mol. The van der Waals surface area contributed by atoms with Crippen LogP contribution in [-0.4, -0.2) is 5.75 Å². The van der Waals surface area contributed by atoms with Crippen molar-refractivity contribution in [1.29, 1.82) is 0 Å². The second-order valence-corrected chi connectivity index (χ2v) is 6.60. The molecule has 0 heterocycles. The summed E-state index contributed by atoms with van der Waals surface area (Å²) >= 11 is 1.83. The van der Waals surface area contributed by atoms with E-state index in [4.69, 9.17) is 0 Å². The number of hydrogen-bond acceptors (Lipinski definition) is 2. The molecule has 108 valence electrons. The van der Waals surface area contributed by atoms with Crippen LogP contribution in [0.5, 0.6) is 0 Å². The molecule has 0 radical (unpaired) electrons. The topological polar surface area (TPSA) is 12.0 Å². The molecule has 0 amide bonds. The Labute approximate surface area is 131 Å². The number of hydrogen-bond donors (Lipinski definition) is 1. The minimum Gasteiger partial charge on any atom is -0.377 e. The fraction of sp³-hybridized carbons (Fsp3) is 0.263. The largest absolute Gasteiger partial charge is 0.377 e. The molecule has 0 fully saturated rings. The molecule has 0 saturated carbocycles. The Hall–Kier alpha value is -1.67. The highest BCUT2D eigenvalue weighted by atomic mass is 32.2. The van der Waals surface area contributed by atoms with Gasteiger partial charge in [0.25, 0.3) is 0 Å². The number of fused-ring (bicyclic) bond motifs is 1. The zero-order valence-electron chi connectivity index (χ0n) is 12.4. The fourth-order valence-corrected chi connectivity index (χ4v) is 3.67. The van der Waals surface area contributed by atoms with Crippen LogP contribution < -0.4 is 5.32 Å². The van der Waals surface area contributed by atoms with Crippen molar-refractivity contribution in [2.24, 2.45) is 0 Å². The lowest BCUT2D eigenvalue weighted by Gasteiger charge is -2.18. The number of anilines is 1. The molecule has 3 rings (SSSR count). The zero-order chi connectivity index (χ0) is 14.7. The molecule has 0 bridgehead atoms. The molecular formula is C19H21NS. The number of rotatable bonds is 5. The standard InChI is InChI=1S/C19H21NS/c1-3-12-21-19-7-5-4-6-18(19)20-17-11-10-15-9-8-14(2)13-16(15)17/h3-9,13,17,20H,1,10-12H2,2H3. The third kappa shape index (κ3) is 3.16. The molecule has 0 spiro atoms. The van der Waals surface area contributed by atoms with Crippen molar-refractivity contribution >= 4 is 17.4 Å². The highest BCUT2D eigenvalue weighted by molar-refractivity contribution is 7.99. The van der Waals surface area contributed by atoms with Crippen molar-refractivity contribution in [2.45, 2.75) is 30.7 Å². The molecule has 1 nitrogen and oxygen atoms in total. The molecule has 0 aliphatic heterocycles. The van der Waals surface area contributed by atoms with Gasteiger partial charge in [-0.1, -0.05) is 42.0 Å². The highest BCUT2D eigenvalue weighted by Crippen LogP contribution is 2.37. The molecule has 1 atom stereocenters. The lowest BCUT2D eigenvalue weighted by molar-refractivity contribution is 0.759. The molecule has 1 aliphatic carbocycles. The smallest absolute Gasteiger partial charge is 0.0520 e. The van der Waals surface area contributed by atoms with Gasteiger partial charge < -0.3 is 5.32 Å². The first-order chi connectivity index (χ1) is 10.3. The third-order valence-electron chi connectivity index (χ3n) is 3.95. The van der Waals surface area contributed by atoms with Gasteiger partial charge in [0.05, 0.1) is 6.04 Å². The van der Waals surface area contributed by atoms with E-state index < -0.39 is 0 Å². The molecule has 2 aromatic carbocycles. The summed E-state index contributed by atoms with van der Waals surface area (Å²) in [4.78, 5) is 1.30. The Bertz CT molecular complexity index is 648. The van der Waals surface area contributed by atoms with Gasteiger partial charge >= 0.3 is 0 Å². The average Bonchev–Trinajstić information content (AvgIpc) is 2.89. The second kappa shape index (κ2) is 6.40. The molecule has 2 heteroatoms. The van der Waals surface area contributed by atoms with E-state index in [0.717, 1.165) is 5.75 Å². The van der Waals surface area contributed by atoms with Crippen LogP contribution in [0.25, 0.3) is 0 Å². The zero-order valence-corrected chi connectivity index (χ0v) is 13.2. The van der Waals surface area contributed by atoms with Gasteiger partial charge in [-0.05, 0) is 43.0 Å². The summed E-state index contributed by atoms with van der Waals surface area (Å²) in [5.74, 6) is 0.944. The first kappa shape index (κ1) is 14.3. The summed E-state index contributed by atoms with van der Waals surface area (Å²) in [6.07, 6.45) is 4.31. The minimum atomic E-state index is 0.436. The number of benzene rings is 2. The summed E-state index contributed by atoms with van der Waals surface area (Å²) in [6.45, 7) is 5.98. The summed E-state index contributed by atoms with van der Waals surface area (Å²) in [6, 6.07) is 15.8. The van der Waals surface area contributed by atoms with E-state index in [1.807, 2.05) is 17.8 Å². The van der Waals surface area contributed by atoms with E-state index >= 15 is 0 Å². The number of aryl methyl sites for hydroxylation is 2. The van der Waals surface area contributed by atoms with Crippen molar-refractivity contribution in [3.05, 3.63) is 71.8 Å². The molecule has 1 unspecified atom stereocenters. The van der Waals surface area contributed by atoms with E-state index in [9.17, 15) is 0 Å². The van der Waals surface area contributed by atoms with Crippen LogP contribution in [0.2, 0.25) is 0 Å². The lowest BCUT2D eigenvalue weighted by Crippen LogP contribution is -2.08. The molecule has 1 aliphatic rings. The van der Waals surface area contributed by atoms with E-state index in [0.29, 0.717) is 6.04 Å². The van der Waals surface area contributed by atoms with Crippen molar-refractivity contribution in [1.82, 2.24) is 0 Å². The van der Waals surface area contributed by atoms with Crippen molar-refractivity contribution in [3.8, 4) is 0 Å². The van der Waals surface area contributed by atoms with Gasteiger partial charge in [0.2, 0.25) is 0 Å². The number of thioether (sulfide) groups is 1. The van der Waals surface area contributed by atoms with Gasteiger partial charge in [-0.3, -0.25) is 0 Å². The number of para-hydroxylation sites is 1. The second-order valence-electron chi connectivity index (χ2n) is 5.53. The van der Waals surface area contributed by atoms with Crippen LogP contribution in [0.15, 0.2) is 60.0 Å². The fourth-order valence-electron chi connectivity index (χ4n) is 2.92. The Morgan fingerprint density at radius 3 is 3.00 bits per heavy atom. The van der Waals surface area contributed by atoms with Crippen molar-refractivity contribution in [3.63, 3.8) is 0 Å². The van der Waals surface area contributed by atoms with Gasteiger partial charge in [-0.2, -0.15) is 0 Å². The Morgan fingerprint density at radius 1 is 1.29 bits per heavy atom. The Morgan fingerprint density at radius 2 is 2.14 bits per heavy atom. The SMILES string of the molecule is C=CCSc1ccccc1NC1CCc2ccc(C)cc21. The normalized spacial score (nSPS) is 16.5. The van der Waals surface area contributed by atoms with Gasteiger partial charge in [0.1, 0.15) is 0 Å². The van der Waals surface area contributed by atoms with Crippen LogP contribution in [0, 0.1) is 6.92 Å². The average molecular weight is 295 g/mol. The maximum absolute atomic E-state index is 3.81. The third-order valence-corrected chi connectivity index (χ3v) is 5.02. The summed E-state index contributed by atoms with van der Waals surface area (Å²) in [7, 11) is 0. The first-order valence-corrected chi connectivity index (χ1v) is 8.45. The molecule has 0 aromatic heterocycles. The molecule has 2 aromatic rings. The quantitative estimate of drug-likeness (QED) is 0.587. The summed E-state index contributed by atoms with van der Waals surface area (Å²) < 4.78 is 0. The van der Waals surface area contributed by atoms with Crippen molar-refractivity contribution < 1.29 is 0 Å². The maximum atomic E-state index is 3.81. The monoisotopic (exact) mass is 295 g/mol. The van der Waals surface area contributed by atoms with Gasteiger partial charge in [0, 0.05) is 16.3 Å². The van der Waals surface area contributed by atoms with Gasteiger partial charge in [-0.15, -0.1) is 18.3 Å². The van der Waals surface area contributed by atoms with E-state index in [2.05, 4.69) is 61.3 Å². The number of nitrogens with one attached hydrogen (secondary N) is 1. The van der Waals surface area contributed by atoms with E-state index in [1.54, 1.807) is 0 Å². The van der Waals surface area contributed by atoms with Gasteiger partial charge in [0.15, 0.2) is 0 Å². The maximum Gasteiger partial charge on any atom is 0.0520 e. The first-order valence-electron chi connectivity index (χ1n) is 7.46. The van der Waals surface area contributed by atoms with Crippen LogP contribution in [0.1, 0.15) is 29.2 Å². The molecule has 21 heavy (non-hydrogen) atoms. The molecule has 0 saturated heterocycles. The lowest BCUT2D eigenvalue weighted by atomic mass is 10.0. The Kier molecular flexibility index (Phi) is 4.35. The van der Waals surface area contributed by atoms with Crippen LogP contribution in [0.3, 0.4) is 0 Å². The van der Waals surface area contributed by atoms with Crippen LogP contribution in [-0.2, 0) is 6.42 Å². The van der Waals surface area contributed by atoms with Gasteiger partial charge in [-0.25, -0.2) is 0 Å². The highest BCUT2D eigenvalue weighted by Gasteiger charge is 2.22. The summed E-state index contributed by atoms with van der Waals surface area (Å²) in [5, 5.41) is 3.75. The predicted molar refractivity (Wildman–Crippen MR) is 93.2 cm³/mol. The Balaban J connectivity index is 1.83. The predicted octanol–water partition coefficient (Wildman–Crippen LogP) is 5.37. The van der Waals surface area contributed by atoms with Crippen LogP contribution >= 0.6 is 11.8 Å². The molecule has 1 N–H and O–H groups in total. The minimum absolute atomic E-state index is 0.436. The van der Waals surface area contributed by atoms with Crippen LogP contribution in [0.4, 0.5) is 5.69 Å². The van der Waals surface area contributed by atoms with E-state index in [-0.39, 0.29) is 0 Å². The van der Waals surface area contributed by atoms with Crippen molar-refractivity contribution in [2.75, 3.05) is 11.1 Å².